The van der Waals surface area contributed by atoms with Crippen LogP contribution < -0.4 is 9.47 Å². The number of nitrogens with zero attached hydrogens (tertiary/aromatic N) is 3. The van der Waals surface area contributed by atoms with E-state index in [-0.39, 0.29) is 12.8 Å². The second-order valence-corrected chi connectivity index (χ2v) is 5.59. The van der Waals surface area contributed by atoms with Gasteiger partial charge in [0.1, 0.15) is 4.38 Å². The third-order valence-corrected chi connectivity index (χ3v) is 4.45. The lowest BCUT2D eigenvalue weighted by atomic mass is 10.2. The van der Waals surface area contributed by atoms with Gasteiger partial charge in [0.05, 0.1) is 0 Å². The van der Waals surface area contributed by atoms with Gasteiger partial charge >= 0.3 is 6.01 Å². The van der Waals surface area contributed by atoms with Crippen molar-refractivity contribution < 1.29 is 13.9 Å². The van der Waals surface area contributed by atoms with Gasteiger partial charge in [0, 0.05) is 5.56 Å². The quantitative estimate of drug-likeness (QED) is 0.623. The van der Waals surface area contributed by atoms with Crippen molar-refractivity contribution in [3.63, 3.8) is 0 Å². The van der Waals surface area contributed by atoms with Gasteiger partial charge in [0.25, 0.3) is 0 Å². The van der Waals surface area contributed by atoms with Gasteiger partial charge in [-0.25, -0.2) is 0 Å². The van der Waals surface area contributed by atoms with E-state index >= 15 is 0 Å². The average molecular weight is 309 g/mol. The Kier molecular flexibility index (Phi) is 3.83. The molecule has 0 bridgehead atoms. The van der Waals surface area contributed by atoms with Gasteiger partial charge in [-0.1, -0.05) is 5.10 Å². The van der Waals surface area contributed by atoms with Gasteiger partial charge in [0.2, 0.25) is 12.7 Å². The third-order valence-electron chi connectivity index (χ3n) is 2.57. The summed E-state index contributed by atoms with van der Waals surface area (Å²) in [6.45, 7) is 0.239. The molecule has 0 aliphatic carbocycles. The van der Waals surface area contributed by atoms with Crippen molar-refractivity contribution in [2.45, 2.75) is 0 Å². The lowest BCUT2D eigenvalue weighted by molar-refractivity contribution is 0.174. The monoisotopic (exact) mass is 309 g/mol. The predicted molar refractivity (Wildman–Crippen MR) is 80.0 cm³/mol. The maximum atomic E-state index is 5.53. The highest BCUT2D eigenvalue weighted by Gasteiger charge is 2.16. The van der Waals surface area contributed by atoms with Crippen LogP contribution in [-0.2, 0) is 0 Å². The minimum atomic E-state index is 0.239. The second-order valence-electron chi connectivity index (χ2n) is 3.74. The maximum absolute atomic E-state index is 5.53. The fourth-order valence-electron chi connectivity index (χ4n) is 1.66. The molecule has 104 valence electrons. The molecule has 20 heavy (non-hydrogen) atoms. The molecule has 0 spiro atoms. The molecule has 2 aromatic rings. The fourth-order valence-corrected chi connectivity index (χ4v) is 2.67. The molecule has 0 unspecified atom stereocenters. The first-order valence-electron chi connectivity index (χ1n) is 5.70. The summed E-state index contributed by atoms with van der Waals surface area (Å²) in [7, 11) is 0. The lowest BCUT2D eigenvalue weighted by Crippen LogP contribution is -1.92. The molecule has 1 aromatic carbocycles. The minimum Gasteiger partial charge on any atom is -0.454 e. The topological polar surface area (TPSA) is 69.7 Å². The van der Waals surface area contributed by atoms with E-state index in [9.17, 15) is 0 Å². The normalized spacial score (nSPS) is 12.5. The van der Waals surface area contributed by atoms with Crippen LogP contribution in [0.1, 0.15) is 0 Å². The number of aromatic nitrogens is 2. The summed E-state index contributed by atoms with van der Waals surface area (Å²) in [5.74, 6) is 1.81. The van der Waals surface area contributed by atoms with Gasteiger partial charge in [-0.05, 0) is 30.7 Å². The van der Waals surface area contributed by atoms with Crippen LogP contribution in [0.25, 0.3) is 11.5 Å². The molecule has 8 heteroatoms. The zero-order valence-corrected chi connectivity index (χ0v) is 12.5. The highest BCUT2D eigenvalue weighted by Crippen LogP contribution is 2.36. The Bertz CT molecular complexity index is 651. The Labute approximate surface area is 124 Å². The summed E-state index contributed by atoms with van der Waals surface area (Å²) in [5, 5.41) is 7.91. The van der Waals surface area contributed by atoms with Crippen LogP contribution in [0.3, 0.4) is 0 Å². The molecule has 0 fully saturated rings. The molecule has 0 atom stereocenters. The zero-order chi connectivity index (χ0) is 13.9. The lowest BCUT2D eigenvalue weighted by Gasteiger charge is -1.97. The van der Waals surface area contributed by atoms with Crippen LogP contribution in [0.2, 0.25) is 0 Å². The van der Waals surface area contributed by atoms with Gasteiger partial charge in [-0.15, -0.1) is 28.6 Å². The molecule has 0 amide bonds. The minimum absolute atomic E-state index is 0.239. The van der Waals surface area contributed by atoms with Gasteiger partial charge in [-0.2, -0.15) is 4.99 Å². The number of rotatable bonds is 2. The number of hydrogen-bond donors (Lipinski definition) is 0. The van der Waals surface area contributed by atoms with Gasteiger partial charge in [0.15, 0.2) is 11.5 Å². The summed E-state index contributed by atoms with van der Waals surface area (Å²) in [5.41, 5.74) is 0.776. The fraction of sp³-hybridized carbons (Fsp3) is 0.250. The number of ether oxygens (including phenoxy) is 2. The SMILES string of the molecule is CSC(=Nc1nnc(-c2ccc3c(c2)OCO3)o1)SC. The Morgan fingerprint density at radius 1 is 1.15 bits per heavy atom. The van der Waals surface area contributed by atoms with E-state index in [1.165, 1.54) is 23.5 Å². The van der Waals surface area contributed by atoms with Crippen molar-refractivity contribution in [1.29, 1.82) is 0 Å². The molecule has 2 heterocycles. The van der Waals surface area contributed by atoms with E-state index in [4.69, 9.17) is 13.9 Å². The van der Waals surface area contributed by atoms with E-state index in [1.54, 1.807) is 0 Å². The van der Waals surface area contributed by atoms with E-state index in [1.807, 2.05) is 30.7 Å². The molecule has 6 nitrogen and oxygen atoms in total. The van der Waals surface area contributed by atoms with E-state index in [0.717, 1.165) is 15.7 Å². The summed E-state index contributed by atoms with van der Waals surface area (Å²) < 4.78 is 17.0. The van der Waals surface area contributed by atoms with E-state index in [2.05, 4.69) is 15.2 Å². The Hall–Kier alpha value is -1.67. The standard InChI is InChI=1S/C12H11N3O3S2/c1-19-12(20-2)13-11-15-14-10(18-11)7-3-4-8-9(5-7)17-6-16-8/h3-5H,6H2,1-2H3. The second kappa shape index (κ2) is 5.76. The highest BCUT2D eigenvalue weighted by atomic mass is 32.2. The van der Waals surface area contributed by atoms with Crippen LogP contribution in [0, 0.1) is 0 Å². The van der Waals surface area contributed by atoms with Crippen LogP contribution in [0.15, 0.2) is 27.6 Å². The largest absolute Gasteiger partial charge is 0.454 e. The van der Waals surface area contributed by atoms with Crippen molar-refractivity contribution in [3.8, 4) is 23.0 Å². The van der Waals surface area contributed by atoms with Crippen molar-refractivity contribution in [2.24, 2.45) is 4.99 Å². The van der Waals surface area contributed by atoms with Crippen molar-refractivity contribution in [3.05, 3.63) is 18.2 Å². The molecule has 0 saturated carbocycles. The van der Waals surface area contributed by atoms with Crippen LogP contribution in [0.4, 0.5) is 6.01 Å². The van der Waals surface area contributed by atoms with Crippen LogP contribution in [0.5, 0.6) is 11.5 Å². The summed E-state index contributed by atoms with van der Waals surface area (Å²) >= 11 is 3.07. The van der Waals surface area contributed by atoms with Gasteiger partial charge < -0.3 is 13.9 Å². The molecule has 0 saturated heterocycles. The Morgan fingerprint density at radius 3 is 2.75 bits per heavy atom. The highest BCUT2D eigenvalue weighted by molar-refractivity contribution is 8.38. The number of benzene rings is 1. The van der Waals surface area contributed by atoms with Gasteiger partial charge in [-0.3, -0.25) is 0 Å². The molecular formula is C12H11N3O3S2. The molecule has 1 aromatic heterocycles. The van der Waals surface area contributed by atoms with Crippen LogP contribution >= 0.6 is 23.5 Å². The van der Waals surface area contributed by atoms with Crippen LogP contribution in [-0.4, -0.2) is 33.9 Å². The Morgan fingerprint density at radius 2 is 1.95 bits per heavy atom. The molecule has 1 aliphatic heterocycles. The van der Waals surface area contributed by atoms with E-state index in [0.29, 0.717) is 11.6 Å². The van der Waals surface area contributed by atoms with E-state index < -0.39 is 0 Å². The summed E-state index contributed by atoms with van der Waals surface area (Å²) in [4.78, 5) is 4.26. The smallest absolute Gasteiger partial charge is 0.344 e. The average Bonchev–Trinajstić information content (AvgIpc) is 3.12. The van der Waals surface area contributed by atoms with Crippen molar-refractivity contribution in [2.75, 3.05) is 19.3 Å². The number of fused-ring (bicyclic) bond motifs is 1. The first-order chi connectivity index (χ1) is 9.80. The number of thioether (sulfide) groups is 2. The molecular weight excluding hydrogens is 298 g/mol. The molecule has 1 aliphatic rings. The summed E-state index contributed by atoms with van der Waals surface area (Å²) in [6.07, 6.45) is 3.90. The maximum Gasteiger partial charge on any atom is 0.344 e. The number of hydrogen-bond acceptors (Lipinski definition) is 8. The third kappa shape index (κ3) is 2.61. The molecule has 3 rings (SSSR count). The summed E-state index contributed by atoms with van der Waals surface area (Å²) in [6, 6.07) is 5.72. The molecule has 0 N–H and O–H groups in total. The zero-order valence-electron chi connectivity index (χ0n) is 10.8. The predicted octanol–water partition coefficient (Wildman–Crippen LogP) is 3.18. The first kappa shape index (κ1) is 13.3. The number of aliphatic imine (C=N–C) groups is 1. The van der Waals surface area contributed by atoms with Crippen molar-refractivity contribution in [1.82, 2.24) is 10.2 Å². The first-order valence-corrected chi connectivity index (χ1v) is 8.15. The molecule has 0 radical (unpaired) electrons. The Balaban J connectivity index is 1.88. The van der Waals surface area contributed by atoms with Crippen molar-refractivity contribution >= 4 is 33.9 Å².